The summed E-state index contributed by atoms with van der Waals surface area (Å²) in [5.41, 5.74) is 0.906. The lowest BCUT2D eigenvalue weighted by Gasteiger charge is -2.39. The van der Waals surface area contributed by atoms with Crippen molar-refractivity contribution in [3.05, 3.63) is 42.2 Å². The van der Waals surface area contributed by atoms with Crippen molar-refractivity contribution in [3.63, 3.8) is 0 Å². The van der Waals surface area contributed by atoms with Crippen LogP contribution in [0, 0.1) is 0 Å². The molecule has 0 amide bonds. The van der Waals surface area contributed by atoms with Crippen molar-refractivity contribution < 1.29 is 14.2 Å². The minimum atomic E-state index is -0.256. The molecule has 1 aromatic heterocycles. The van der Waals surface area contributed by atoms with E-state index < -0.39 is 0 Å². The van der Waals surface area contributed by atoms with Crippen LogP contribution in [0.25, 0.3) is 0 Å². The number of fused-ring (bicyclic) bond motifs is 1. The fourth-order valence-corrected chi connectivity index (χ4v) is 3.48. The van der Waals surface area contributed by atoms with Gasteiger partial charge in [-0.1, -0.05) is 18.2 Å². The molecule has 2 aliphatic heterocycles. The highest BCUT2D eigenvalue weighted by Gasteiger charge is 2.39. The van der Waals surface area contributed by atoms with Gasteiger partial charge in [0.25, 0.3) is 0 Å². The van der Waals surface area contributed by atoms with Gasteiger partial charge in [-0.3, -0.25) is 4.98 Å². The molecular weight excluding hydrogens is 318 g/mol. The second kappa shape index (κ2) is 6.88. The van der Waals surface area contributed by atoms with E-state index >= 15 is 0 Å². The molecule has 0 N–H and O–H groups in total. The number of para-hydroxylation sites is 1. The molecule has 25 heavy (non-hydrogen) atoms. The standard InChI is InChI=1S/C19H23N3O3/c1-2-24-18-12-20-11-17(21-18)22-13-15-5-3-4-6-16(15)25-19(14-22)7-9-23-10-8-19/h3-6,11-12H,2,7-10,13-14H2,1H3. The third-order valence-corrected chi connectivity index (χ3v) is 4.76. The normalized spacial score (nSPS) is 19.0. The zero-order chi connectivity index (χ0) is 17.1. The fraction of sp³-hybridized carbons (Fsp3) is 0.474. The molecular formula is C19H23N3O3. The van der Waals surface area contributed by atoms with Crippen LogP contribution in [0.4, 0.5) is 5.82 Å². The molecule has 0 atom stereocenters. The van der Waals surface area contributed by atoms with Crippen molar-refractivity contribution >= 4 is 5.82 Å². The van der Waals surface area contributed by atoms with Crippen LogP contribution in [-0.2, 0) is 11.3 Å². The molecule has 0 aliphatic carbocycles. The molecule has 1 spiro atoms. The van der Waals surface area contributed by atoms with Gasteiger partial charge in [-0.05, 0) is 13.0 Å². The SMILES string of the molecule is CCOc1cncc(N2Cc3ccccc3OC3(CCOCC3)C2)n1. The van der Waals surface area contributed by atoms with E-state index in [0.29, 0.717) is 12.5 Å². The fourth-order valence-electron chi connectivity index (χ4n) is 3.48. The molecule has 3 heterocycles. The lowest BCUT2D eigenvalue weighted by molar-refractivity contribution is -0.0391. The average molecular weight is 341 g/mol. The van der Waals surface area contributed by atoms with E-state index in [-0.39, 0.29) is 5.60 Å². The Labute approximate surface area is 147 Å². The van der Waals surface area contributed by atoms with Crippen LogP contribution >= 0.6 is 0 Å². The van der Waals surface area contributed by atoms with Crippen molar-refractivity contribution in [2.24, 2.45) is 0 Å². The third-order valence-electron chi connectivity index (χ3n) is 4.76. The molecule has 6 heteroatoms. The highest BCUT2D eigenvalue weighted by atomic mass is 16.5. The largest absolute Gasteiger partial charge is 0.485 e. The minimum Gasteiger partial charge on any atom is -0.485 e. The molecule has 1 fully saturated rings. The summed E-state index contributed by atoms with van der Waals surface area (Å²) in [6.45, 7) is 5.46. The number of rotatable bonds is 3. The van der Waals surface area contributed by atoms with Gasteiger partial charge in [0, 0.05) is 24.9 Å². The van der Waals surface area contributed by atoms with Crippen molar-refractivity contribution in [2.75, 3.05) is 31.3 Å². The van der Waals surface area contributed by atoms with Crippen LogP contribution in [0.3, 0.4) is 0 Å². The van der Waals surface area contributed by atoms with Crippen LogP contribution in [0.5, 0.6) is 11.6 Å². The predicted molar refractivity (Wildman–Crippen MR) is 94.1 cm³/mol. The van der Waals surface area contributed by atoms with E-state index in [1.165, 1.54) is 0 Å². The zero-order valence-electron chi connectivity index (χ0n) is 14.5. The Morgan fingerprint density at radius 2 is 2.04 bits per heavy atom. The van der Waals surface area contributed by atoms with Gasteiger partial charge in [0.15, 0.2) is 5.82 Å². The molecule has 132 valence electrons. The van der Waals surface area contributed by atoms with Gasteiger partial charge in [-0.2, -0.15) is 4.98 Å². The number of nitrogens with zero attached hydrogens (tertiary/aromatic N) is 3. The summed E-state index contributed by atoms with van der Waals surface area (Å²) in [6, 6.07) is 8.24. The number of anilines is 1. The molecule has 2 aromatic rings. The molecule has 0 radical (unpaired) electrons. The maximum absolute atomic E-state index is 6.51. The van der Waals surface area contributed by atoms with Gasteiger partial charge in [-0.25, -0.2) is 0 Å². The Morgan fingerprint density at radius 3 is 2.88 bits per heavy atom. The van der Waals surface area contributed by atoms with Crippen LogP contribution in [0.2, 0.25) is 0 Å². The highest BCUT2D eigenvalue weighted by molar-refractivity contribution is 5.45. The maximum Gasteiger partial charge on any atom is 0.234 e. The Bertz CT molecular complexity index is 731. The van der Waals surface area contributed by atoms with Crippen molar-refractivity contribution in [1.82, 2.24) is 9.97 Å². The number of hydrogen-bond donors (Lipinski definition) is 0. The smallest absolute Gasteiger partial charge is 0.234 e. The first-order chi connectivity index (χ1) is 12.3. The van der Waals surface area contributed by atoms with Crippen LogP contribution in [-0.4, -0.2) is 41.9 Å². The van der Waals surface area contributed by atoms with Crippen LogP contribution in [0.1, 0.15) is 25.3 Å². The van der Waals surface area contributed by atoms with E-state index in [4.69, 9.17) is 14.2 Å². The summed E-state index contributed by atoms with van der Waals surface area (Å²) in [6.07, 6.45) is 5.19. The first kappa shape index (κ1) is 16.1. The number of hydrogen-bond acceptors (Lipinski definition) is 6. The summed E-state index contributed by atoms with van der Waals surface area (Å²) in [4.78, 5) is 11.2. The topological polar surface area (TPSA) is 56.7 Å². The molecule has 1 aromatic carbocycles. The van der Waals surface area contributed by atoms with Gasteiger partial charge in [0.2, 0.25) is 5.88 Å². The first-order valence-corrected chi connectivity index (χ1v) is 8.82. The summed E-state index contributed by atoms with van der Waals surface area (Å²) in [7, 11) is 0. The molecule has 2 aliphatic rings. The van der Waals surface area contributed by atoms with E-state index in [1.54, 1.807) is 12.4 Å². The predicted octanol–water partition coefficient (Wildman–Crippen LogP) is 2.82. The molecule has 6 nitrogen and oxygen atoms in total. The Morgan fingerprint density at radius 1 is 1.20 bits per heavy atom. The van der Waals surface area contributed by atoms with Gasteiger partial charge < -0.3 is 19.1 Å². The van der Waals surface area contributed by atoms with E-state index in [0.717, 1.165) is 56.3 Å². The quantitative estimate of drug-likeness (QED) is 0.856. The van der Waals surface area contributed by atoms with Gasteiger partial charge in [0.1, 0.15) is 11.4 Å². The maximum atomic E-state index is 6.51. The minimum absolute atomic E-state index is 0.256. The Hall–Kier alpha value is -2.34. The highest BCUT2D eigenvalue weighted by Crippen LogP contribution is 2.36. The van der Waals surface area contributed by atoms with E-state index in [1.807, 2.05) is 19.1 Å². The molecule has 0 saturated carbocycles. The van der Waals surface area contributed by atoms with Crippen molar-refractivity contribution in [2.45, 2.75) is 31.9 Å². The summed E-state index contributed by atoms with van der Waals surface area (Å²) in [5, 5.41) is 0. The van der Waals surface area contributed by atoms with E-state index in [2.05, 4.69) is 27.0 Å². The summed E-state index contributed by atoms with van der Waals surface area (Å²) < 4.78 is 17.6. The van der Waals surface area contributed by atoms with Crippen LogP contribution in [0.15, 0.2) is 36.7 Å². The van der Waals surface area contributed by atoms with Crippen molar-refractivity contribution in [1.29, 1.82) is 0 Å². The van der Waals surface area contributed by atoms with E-state index in [9.17, 15) is 0 Å². The summed E-state index contributed by atoms with van der Waals surface area (Å²) in [5.74, 6) is 2.33. The lowest BCUT2D eigenvalue weighted by Crippen LogP contribution is -2.49. The van der Waals surface area contributed by atoms with Crippen molar-refractivity contribution in [3.8, 4) is 11.6 Å². The Kier molecular flexibility index (Phi) is 4.44. The van der Waals surface area contributed by atoms with Gasteiger partial charge in [0.05, 0.1) is 38.8 Å². The number of benzene rings is 1. The zero-order valence-corrected chi connectivity index (χ0v) is 14.5. The van der Waals surface area contributed by atoms with Gasteiger partial charge in [-0.15, -0.1) is 0 Å². The number of ether oxygens (including phenoxy) is 3. The molecule has 4 rings (SSSR count). The number of aromatic nitrogens is 2. The lowest BCUT2D eigenvalue weighted by atomic mass is 9.93. The first-order valence-electron chi connectivity index (χ1n) is 8.82. The van der Waals surface area contributed by atoms with Gasteiger partial charge >= 0.3 is 0 Å². The van der Waals surface area contributed by atoms with Crippen LogP contribution < -0.4 is 14.4 Å². The monoisotopic (exact) mass is 341 g/mol. The third kappa shape index (κ3) is 3.39. The second-order valence-electron chi connectivity index (χ2n) is 6.51. The average Bonchev–Trinajstić information content (AvgIpc) is 2.79. The molecule has 1 saturated heterocycles. The molecule has 0 bridgehead atoms. The summed E-state index contributed by atoms with van der Waals surface area (Å²) >= 11 is 0. The molecule has 0 unspecified atom stereocenters. The Balaban J connectivity index is 1.70. The second-order valence-corrected chi connectivity index (χ2v) is 6.51.